The first-order valence-electron chi connectivity index (χ1n) is 6.80. The van der Waals surface area contributed by atoms with E-state index in [1.165, 1.54) is 6.42 Å². The van der Waals surface area contributed by atoms with Gasteiger partial charge in [-0.05, 0) is 31.9 Å². The van der Waals surface area contributed by atoms with E-state index in [4.69, 9.17) is 0 Å². The largest absolute Gasteiger partial charge is 0.508 e. The fourth-order valence-corrected chi connectivity index (χ4v) is 2.80. The van der Waals surface area contributed by atoms with Crippen LogP contribution in [0.4, 0.5) is 0 Å². The number of hydrogen-bond donors (Lipinski definition) is 2. The molecule has 2 rings (SSSR count). The van der Waals surface area contributed by atoms with Crippen LogP contribution in [0.15, 0.2) is 24.3 Å². The summed E-state index contributed by atoms with van der Waals surface area (Å²) < 4.78 is 0. The molecule has 2 atom stereocenters. The lowest BCUT2D eigenvalue weighted by Crippen LogP contribution is -2.34. The normalized spacial score (nSPS) is 24.4. The van der Waals surface area contributed by atoms with Gasteiger partial charge < -0.3 is 15.1 Å². The number of para-hydroxylation sites is 1. The summed E-state index contributed by atoms with van der Waals surface area (Å²) in [6, 6.07) is 7.45. The highest BCUT2D eigenvalue weighted by Crippen LogP contribution is 2.26. The van der Waals surface area contributed by atoms with E-state index < -0.39 is 0 Å². The van der Waals surface area contributed by atoms with E-state index in [2.05, 4.69) is 4.90 Å². The monoisotopic (exact) mass is 249 g/mol. The molecule has 1 aromatic rings. The van der Waals surface area contributed by atoms with Crippen LogP contribution >= 0.6 is 0 Å². The molecule has 1 aliphatic rings. The molecule has 1 fully saturated rings. The topological polar surface area (TPSA) is 43.7 Å². The maximum Gasteiger partial charge on any atom is 0.120 e. The Kier molecular flexibility index (Phi) is 4.61. The molecule has 2 N–H and O–H groups in total. The molecular formula is C15H23NO2. The summed E-state index contributed by atoms with van der Waals surface area (Å²) in [4.78, 5) is 2.19. The van der Waals surface area contributed by atoms with Crippen molar-refractivity contribution >= 4 is 0 Å². The van der Waals surface area contributed by atoms with Crippen molar-refractivity contribution in [3.8, 4) is 5.75 Å². The second-order valence-electron chi connectivity index (χ2n) is 5.44. The van der Waals surface area contributed by atoms with Crippen LogP contribution in [-0.4, -0.2) is 34.8 Å². The van der Waals surface area contributed by atoms with Gasteiger partial charge in [0.1, 0.15) is 5.75 Å². The second-order valence-corrected chi connectivity index (χ2v) is 5.44. The zero-order valence-corrected chi connectivity index (χ0v) is 11.0. The molecule has 1 aromatic carbocycles. The molecule has 18 heavy (non-hydrogen) atoms. The Morgan fingerprint density at radius 3 is 2.67 bits per heavy atom. The third-order valence-corrected chi connectivity index (χ3v) is 3.85. The van der Waals surface area contributed by atoms with Crippen LogP contribution in [0, 0.1) is 5.92 Å². The van der Waals surface area contributed by atoms with Gasteiger partial charge in [0.25, 0.3) is 0 Å². The smallest absolute Gasteiger partial charge is 0.120 e. The summed E-state index contributed by atoms with van der Waals surface area (Å²) in [6.07, 6.45) is 4.29. The van der Waals surface area contributed by atoms with E-state index in [-0.39, 0.29) is 6.10 Å². The van der Waals surface area contributed by atoms with E-state index in [1.807, 2.05) is 25.2 Å². The fourth-order valence-electron chi connectivity index (χ4n) is 2.80. The molecule has 3 heteroatoms. The van der Waals surface area contributed by atoms with Gasteiger partial charge in [0.2, 0.25) is 0 Å². The first-order chi connectivity index (χ1) is 8.66. The zero-order chi connectivity index (χ0) is 13.0. The van der Waals surface area contributed by atoms with E-state index >= 15 is 0 Å². The molecule has 0 radical (unpaired) electrons. The Balaban J connectivity index is 1.88. The molecule has 0 spiro atoms. The minimum absolute atomic E-state index is 0.148. The number of hydrogen-bond acceptors (Lipinski definition) is 3. The maximum atomic E-state index is 9.96. The van der Waals surface area contributed by atoms with Crippen molar-refractivity contribution in [2.75, 3.05) is 13.6 Å². The highest BCUT2D eigenvalue weighted by Gasteiger charge is 2.24. The number of phenolic OH excluding ortho intramolecular Hbond substituents is 1. The number of aliphatic hydroxyl groups excluding tert-OH is 1. The van der Waals surface area contributed by atoms with Gasteiger partial charge in [-0.2, -0.15) is 0 Å². The quantitative estimate of drug-likeness (QED) is 0.861. The minimum atomic E-state index is -0.148. The highest BCUT2D eigenvalue weighted by molar-refractivity contribution is 5.31. The van der Waals surface area contributed by atoms with Crippen molar-refractivity contribution in [2.45, 2.75) is 38.3 Å². The first-order valence-corrected chi connectivity index (χ1v) is 6.80. The third-order valence-electron chi connectivity index (χ3n) is 3.85. The average Bonchev–Trinajstić information content (AvgIpc) is 2.35. The lowest BCUT2D eigenvalue weighted by molar-refractivity contribution is 0.0501. The van der Waals surface area contributed by atoms with Crippen molar-refractivity contribution in [3.63, 3.8) is 0 Å². The number of aliphatic hydroxyl groups is 1. The van der Waals surface area contributed by atoms with Crippen molar-refractivity contribution < 1.29 is 10.2 Å². The number of benzene rings is 1. The molecule has 0 heterocycles. The van der Waals surface area contributed by atoms with Gasteiger partial charge in [-0.3, -0.25) is 0 Å². The summed E-state index contributed by atoms with van der Waals surface area (Å²) in [5, 5.41) is 19.7. The molecule has 3 nitrogen and oxygen atoms in total. The molecule has 0 saturated heterocycles. The van der Waals surface area contributed by atoms with Gasteiger partial charge >= 0.3 is 0 Å². The number of aromatic hydroxyl groups is 1. The van der Waals surface area contributed by atoms with Crippen LogP contribution in [-0.2, 0) is 6.54 Å². The van der Waals surface area contributed by atoms with Gasteiger partial charge in [-0.15, -0.1) is 0 Å². The lowest BCUT2D eigenvalue weighted by atomic mass is 9.86. The van der Waals surface area contributed by atoms with Gasteiger partial charge in [-0.1, -0.05) is 31.0 Å². The lowest BCUT2D eigenvalue weighted by Gasteiger charge is -2.31. The SMILES string of the molecule is CN(Cc1ccccc1O)CC1CCCCC1O. The van der Waals surface area contributed by atoms with Gasteiger partial charge in [0, 0.05) is 18.7 Å². The standard InChI is InChI=1S/C15H23NO2/c1-16(10-12-6-2-4-8-14(12)17)11-13-7-3-5-9-15(13)18/h2,4,6,8,13,15,17-18H,3,5,7,9-11H2,1H3. The average molecular weight is 249 g/mol. The van der Waals surface area contributed by atoms with Crippen LogP contribution in [0.2, 0.25) is 0 Å². The van der Waals surface area contributed by atoms with Gasteiger partial charge in [0.05, 0.1) is 6.10 Å². The Morgan fingerprint density at radius 1 is 1.22 bits per heavy atom. The summed E-state index contributed by atoms with van der Waals surface area (Å²) in [6.45, 7) is 1.63. The number of rotatable bonds is 4. The number of phenols is 1. The fraction of sp³-hybridized carbons (Fsp3) is 0.600. The third kappa shape index (κ3) is 3.47. The molecule has 0 aromatic heterocycles. The molecule has 0 amide bonds. The maximum absolute atomic E-state index is 9.96. The van der Waals surface area contributed by atoms with Crippen molar-refractivity contribution in [2.24, 2.45) is 5.92 Å². The van der Waals surface area contributed by atoms with Gasteiger partial charge in [-0.25, -0.2) is 0 Å². The van der Waals surface area contributed by atoms with E-state index in [1.54, 1.807) is 6.07 Å². The summed E-state index contributed by atoms with van der Waals surface area (Å²) in [7, 11) is 2.05. The molecule has 1 saturated carbocycles. The molecule has 1 aliphatic carbocycles. The Hall–Kier alpha value is -1.06. The van der Waals surface area contributed by atoms with Gasteiger partial charge in [0.15, 0.2) is 0 Å². The Morgan fingerprint density at radius 2 is 1.94 bits per heavy atom. The first kappa shape index (κ1) is 13.4. The van der Waals surface area contributed by atoms with Crippen LogP contribution in [0.1, 0.15) is 31.2 Å². The van der Waals surface area contributed by atoms with E-state index in [9.17, 15) is 10.2 Å². The second kappa shape index (κ2) is 6.21. The van der Waals surface area contributed by atoms with Crippen LogP contribution in [0.25, 0.3) is 0 Å². The summed E-state index contributed by atoms with van der Waals surface area (Å²) in [5.41, 5.74) is 0.949. The minimum Gasteiger partial charge on any atom is -0.508 e. The molecule has 0 aliphatic heterocycles. The highest BCUT2D eigenvalue weighted by atomic mass is 16.3. The number of nitrogens with zero attached hydrogens (tertiary/aromatic N) is 1. The predicted octanol–water partition coefficient (Wildman–Crippen LogP) is 2.38. The van der Waals surface area contributed by atoms with Crippen LogP contribution in [0.5, 0.6) is 5.75 Å². The summed E-state index contributed by atoms with van der Waals surface area (Å²) >= 11 is 0. The van der Waals surface area contributed by atoms with E-state index in [0.717, 1.165) is 37.9 Å². The molecule has 100 valence electrons. The zero-order valence-electron chi connectivity index (χ0n) is 11.0. The van der Waals surface area contributed by atoms with Crippen LogP contribution < -0.4 is 0 Å². The molecule has 2 unspecified atom stereocenters. The van der Waals surface area contributed by atoms with Crippen molar-refractivity contribution in [3.05, 3.63) is 29.8 Å². The van der Waals surface area contributed by atoms with Crippen molar-refractivity contribution in [1.82, 2.24) is 4.90 Å². The summed E-state index contributed by atoms with van der Waals surface area (Å²) in [5.74, 6) is 0.739. The molecular weight excluding hydrogens is 226 g/mol. The van der Waals surface area contributed by atoms with Crippen molar-refractivity contribution in [1.29, 1.82) is 0 Å². The van der Waals surface area contributed by atoms with Crippen LogP contribution in [0.3, 0.4) is 0 Å². The Labute approximate surface area is 109 Å². The Bertz CT molecular complexity index is 381. The van der Waals surface area contributed by atoms with E-state index in [0.29, 0.717) is 11.7 Å². The predicted molar refractivity (Wildman–Crippen MR) is 72.4 cm³/mol. The molecule has 0 bridgehead atoms.